The van der Waals surface area contributed by atoms with Gasteiger partial charge in [0.1, 0.15) is 15.5 Å². The lowest BCUT2D eigenvalue weighted by molar-refractivity contribution is 0.100. The van der Waals surface area contributed by atoms with E-state index in [0.29, 0.717) is 23.2 Å². The summed E-state index contributed by atoms with van der Waals surface area (Å²) in [6, 6.07) is 10.3. The Morgan fingerprint density at radius 2 is 2.00 bits per heavy atom. The van der Waals surface area contributed by atoms with Crippen molar-refractivity contribution < 1.29 is 9.90 Å². The summed E-state index contributed by atoms with van der Waals surface area (Å²) in [7, 11) is 0. The fraction of sp³-hybridized carbons (Fsp3) is 0.393. The first-order chi connectivity index (χ1) is 17.9. The molecule has 1 aliphatic heterocycles. The fourth-order valence-electron chi connectivity index (χ4n) is 4.99. The van der Waals surface area contributed by atoms with Gasteiger partial charge in [0.05, 0.1) is 18.1 Å². The number of nitrogen functional groups attached to an aromatic ring is 1. The Balaban J connectivity index is 0.00000336. The number of benzene rings is 1. The molecule has 9 nitrogen and oxygen atoms in total. The van der Waals surface area contributed by atoms with Gasteiger partial charge >= 0.3 is 0 Å². The molecule has 1 amide bonds. The first-order valence-electron chi connectivity index (χ1n) is 12.7. The van der Waals surface area contributed by atoms with Crippen LogP contribution in [0.3, 0.4) is 0 Å². The van der Waals surface area contributed by atoms with Gasteiger partial charge in [-0.3, -0.25) is 4.79 Å². The van der Waals surface area contributed by atoms with E-state index in [0.717, 1.165) is 71.6 Å². The molecule has 0 bridgehead atoms. The third kappa shape index (κ3) is 5.67. The zero-order valence-electron chi connectivity index (χ0n) is 20.9. The average Bonchev–Trinajstić information content (AvgIpc) is 3.56. The van der Waals surface area contributed by atoms with Gasteiger partial charge in [-0.25, -0.2) is 9.97 Å². The third-order valence-electron chi connectivity index (χ3n) is 7.01. The summed E-state index contributed by atoms with van der Waals surface area (Å²) in [4.78, 5) is 24.2. The van der Waals surface area contributed by atoms with Gasteiger partial charge in [0.2, 0.25) is 0 Å². The van der Waals surface area contributed by atoms with Gasteiger partial charge in [-0.2, -0.15) is 0 Å². The van der Waals surface area contributed by atoms with E-state index in [1.807, 2.05) is 35.0 Å². The van der Waals surface area contributed by atoms with Crippen LogP contribution in [-0.4, -0.2) is 51.2 Å². The van der Waals surface area contributed by atoms with Gasteiger partial charge in [0, 0.05) is 49.1 Å². The maximum absolute atomic E-state index is 11.8. The molecule has 38 heavy (non-hydrogen) atoms. The Morgan fingerprint density at radius 1 is 1.26 bits per heavy atom. The normalized spacial score (nSPS) is 14.9. The van der Waals surface area contributed by atoms with Crippen LogP contribution in [-0.2, 0) is 6.42 Å². The quantitative estimate of drug-likeness (QED) is 0.254. The van der Waals surface area contributed by atoms with Crippen molar-refractivity contribution in [1.29, 1.82) is 0 Å². The van der Waals surface area contributed by atoms with Crippen LogP contribution in [0.15, 0.2) is 49.1 Å². The molecular formula is C28H37N7O2S. The predicted molar refractivity (Wildman–Crippen MR) is 155 cm³/mol. The topological polar surface area (TPSA) is 135 Å². The highest BCUT2D eigenvalue weighted by atomic mass is 32.1. The minimum atomic E-state index is -0.570. The van der Waals surface area contributed by atoms with Gasteiger partial charge in [-0.1, -0.05) is 32.9 Å². The number of rotatable bonds is 9. The first kappa shape index (κ1) is 27.6. The van der Waals surface area contributed by atoms with Crippen molar-refractivity contribution in [2.75, 3.05) is 30.3 Å². The highest BCUT2D eigenvalue weighted by Crippen LogP contribution is 2.37. The number of aromatic nitrogens is 3. The molecule has 0 saturated carbocycles. The summed E-state index contributed by atoms with van der Waals surface area (Å²) >= 11 is 1.28. The first-order valence-corrected chi connectivity index (χ1v) is 13.5. The lowest BCUT2D eigenvalue weighted by Gasteiger charge is -2.34. The number of nitrogens with one attached hydrogen (secondary N) is 1. The molecule has 10 heteroatoms. The zero-order chi connectivity index (χ0) is 25.9. The van der Waals surface area contributed by atoms with Crippen LogP contribution in [0.2, 0.25) is 0 Å². The molecule has 1 atom stereocenters. The van der Waals surface area contributed by atoms with Crippen LogP contribution in [0.25, 0.3) is 15.9 Å². The molecular weight excluding hydrogens is 498 g/mol. The number of carbonyl (C=O) groups excluding carboxylic acids is 1. The lowest BCUT2D eigenvalue weighted by Crippen LogP contribution is -2.44. The van der Waals surface area contributed by atoms with Crippen LogP contribution >= 0.6 is 11.3 Å². The lowest BCUT2D eigenvalue weighted by atomic mass is 10.0. The molecule has 0 radical (unpaired) electrons. The second-order valence-corrected chi connectivity index (χ2v) is 10.5. The molecule has 3 aromatic heterocycles. The van der Waals surface area contributed by atoms with Gasteiger partial charge in [-0.15, -0.1) is 11.3 Å². The Hall–Kier alpha value is -3.47. The maximum Gasteiger partial charge on any atom is 0.260 e. The number of imidazole rings is 1. The molecule has 1 aliphatic rings. The van der Waals surface area contributed by atoms with Crippen molar-refractivity contribution in [3.8, 4) is 5.69 Å². The fourth-order valence-corrected chi connectivity index (χ4v) is 5.97. The number of fused-ring (bicyclic) bond motifs is 1. The Bertz CT molecular complexity index is 1360. The van der Waals surface area contributed by atoms with Crippen molar-refractivity contribution >= 4 is 39.0 Å². The number of aliphatic hydroxyl groups is 1. The van der Waals surface area contributed by atoms with Gasteiger partial charge in [0.15, 0.2) is 0 Å². The number of primary amides is 1. The van der Waals surface area contributed by atoms with Crippen LogP contribution in [0.4, 0.5) is 11.5 Å². The monoisotopic (exact) mass is 535 g/mol. The molecule has 1 unspecified atom stereocenters. The van der Waals surface area contributed by atoms with Crippen molar-refractivity contribution in [2.24, 2.45) is 5.73 Å². The highest BCUT2D eigenvalue weighted by molar-refractivity contribution is 7.21. The number of amides is 1. The minimum Gasteiger partial charge on any atom is -0.397 e. The molecule has 1 saturated heterocycles. The maximum atomic E-state index is 11.8. The predicted octanol–water partition coefficient (Wildman–Crippen LogP) is 4.04. The number of carbonyl (C=O) groups is 1. The molecule has 6 N–H and O–H groups in total. The second kappa shape index (κ2) is 11.9. The van der Waals surface area contributed by atoms with E-state index in [9.17, 15) is 9.90 Å². The van der Waals surface area contributed by atoms with E-state index in [-0.39, 0.29) is 7.43 Å². The van der Waals surface area contributed by atoms with Gasteiger partial charge in [-0.05, 0) is 48.6 Å². The van der Waals surface area contributed by atoms with E-state index < -0.39 is 12.0 Å². The molecule has 0 spiro atoms. The summed E-state index contributed by atoms with van der Waals surface area (Å²) in [6.07, 6.45) is 8.57. The van der Waals surface area contributed by atoms with E-state index in [4.69, 9.17) is 16.5 Å². The average molecular weight is 536 g/mol. The Labute approximate surface area is 227 Å². The Kier molecular flexibility index (Phi) is 8.65. The summed E-state index contributed by atoms with van der Waals surface area (Å²) in [5.41, 5.74) is 15.3. The molecule has 0 aliphatic carbocycles. The van der Waals surface area contributed by atoms with Crippen molar-refractivity contribution in [3.05, 3.63) is 65.1 Å². The van der Waals surface area contributed by atoms with Crippen LogP contribution in [0, 0.1) is 0 Å². The summed E-state index contributed by atoms with van der Waals surface area (Å²) in [5.74, 6) is 0.414. The minimum absolute atomic E-state index is 0. The number of hydrogen-bond donors (Lipinski definition) is 4. The van der Waals surface area contributed by atoms with E-state index in [2.05, 4.69) is 28.2 Å². The summed E-state index contributed by atoms with van der Waals surface area (Å²) in [6.45, 7) is 4.36. The Morgan fingerprint density at radius 3 is 2.63 bits per heavy atom. The van der Waals surface area contributed by atoms with Crippen LogP contribution in [0.1, 0.15) is 60.5 Å². The molecule has 1 fully saturated rings. The molecule has 1 aromatic carbocycles. The van der Waals surface area contributed by atoms with Crippen molar-refractivity contribution in [1.82, 2.24) is 19.9 Å². The van der Waals surface area contributed by atoms with Crippen molar-refractivity contribution in [3.63, 3.8) is 0 Å². The summed E-state index contributed by atoms with van der Waals surface area (Å²) in [5, 5.41) is 15.1. The van der Waals surface area contributed by atoms with Crippen molar-refractivity contribution in [2.45, 2.75) is 52.2 Å². The van der Waals surface area contributed by atoms with E-state index in [1.54, 1.807) is 12.5 Å². The number of nitrogens with zero attached hydrogens (tertiary/aromatic N) is 4. The number of hydrogen-bond acceptors (Lipinski definition) is 8. The number of thiophene rings is 1. The number of anilines is 2. The van der Waals surface area contributed by atoms with E-state index in [1.165, 1.54) is 11.3 Å². The third-order valence-corrected chi connectivity index (χ3v) is 8.12. The molecule has 202 valence electrons. The number of pyridine rings is 1. The van der Waals surface area contributed by atoms with Crippen LogP contribution in [0.5, 0.6) is 0 Å². The SMILES string of the molecule is C.CCCc1cc(N2CCC(NCC(O)c3ccc(-n4ccnc4)cc3)CC2)nc2sc(C(N)=O)c(N)c12. The standard InChI is InChI=1S/C27H33N7O2S.CH4/c1-2-3-18-14-22(32-27-23(18)24(28)25(37-27)26(29)36)33-11-8-19(9-12-33)31-15-21(35)17-4-6-20(7-5-17)34-13-10-30-16-34;/h4-7,10,13-14,16,19,21,31,35H,2-3,8-9,11-12,15,28H2,1H3,(H2,29,36);1H4. The van der Waals surface area contributed by atoms with Gasteiger partial charge in [0.25, 0.3) is 5.91 Å². The molecule has 4 heterocycles. The van der Waals surface area contributed by atoms with Gasteiger partial charge < -0.3 is 31.4 Å². The number of aliphatic hydroxyl groups excluding tert-OH is 1. The van der Waals surface area contributed by atoms with Crippen LogP contribution < -0.4 is 21.7 Å². The highest BCUT2D eigenvalue weighted by Gasteiger charge is 2.24. The molecule has 4 aromatic rings. The summed E-state index contributed by atoms with van der Waals surface area (Å²) < 4.78 is 1.93. The largest absolute Gasteiger partial charge is 0.397 e. The second-order valence-electron chi connectivity index (χ2n) is 9.53. The molecule has 5 rings (SSSR count). The number of nitrogens with two attached hydrogens (primary N) is 2. The zero-order valence-corrected chi connectivity index (χ0v) is 21.7. The number of piperidine rings is 1. The van der Waals surface area contributed by atoms with E-state index >= 15 is 0 Å². The number of aryl methyl sites for hydroxylation is 1. The smallest absolute Gasteiger partial charge is 0.260 e.